The van der Waals surface area contributed by atoms with E-state index in [1.54, 1.807) is 0 Å². The van der Waals surface area contributed by atoms with Crippen molar-refractivity contribution in [3.63, 3.8) is 0 Å². The lowest BCUT2D eigenvalue weighted by Crippen LogP contribution is -2.42. The van der Waals surface area contributed by atoms with Crippen LogP contribution in [0.1, 0.15) is 32.6 Å². The highest BCUT2D eigenvalue weighted by atomic mass is 35.5. The average molecular weight is 265 g/mol. The summed E-state index contributed by atoms with van der Waals surface area (Å²) in [6.07, 6.45) is 4.56. The third-order valence-electron chi connectivity index (χ3n) is 3.40. The van der Waals surface area contributed by atoms with Crippen LogP contribution in [0.3, 0.4) is 0 Å². The van der Waals surface area contributed by atoms with Gasteiger partial charge in [-0.05, 0) is 24.7 Å². The summed E-state index contributed by atoms with van der Waals surface area (Å²) in [5, 5.41) is 2.93. The van der Waals surface area contributed by atoms with E-state index >= 15 is 0 Å². The molecule has 1 aliphatic rings. The Balaban J connectivity index is 0.00000256. The topological polar surface area (TPSA) is 64.3 Å². The second-order valence-corrected chi connectivity index (χ2v) is 4.84. The van der Waals surface area contributed by atoms with Crippen LogP contribution in [0.5, 0.6) is 0 Å². The van der Waals surface area contributed by atoms with Gasteiger partial charge >= 0.3 is 0 Å². The van der Waals surface area contributed by atoms with Crippen LogP contribution in [0, 0.1) is 11.8 Å². The number of nitrogens with one attached hydrogen (secondary N) is 1. The number of methoxy groups -OCH3 is 1. The molecular weight excluding hydrogens is 240 g/mol. The molecule has 1 aliphatic carbocycles. The molecule has 4 nitrogen and oxygen atoms in total. The number of halogens is 1. The van der Waals surface area contributed by atoms with Gasteiger partial charge in [0.15, 0.2) is 0 Å². The quantitative estimate of drug-likeness (QED) is 0.787. The Hall–Kier alpha value is -0.320. The largest absolute Gasteiger partial charge is 0.370 e. The van der Waals surface area contributed by atoms with Crippen molar-refractivity contribution in [3.8, 4) is 0 Å². The van der Waals surface area contributed by atoms with Crippen molar-refractivity contribution < 1.29 is 9.53 Å². The molecule has 102 valence electrons. The SMILES string of the molecule is COC(CN)C(=O)NCC1CCCC(C)C1.Cl. The standard InChI is InChI=1S/C12H24N2O2.ClH/c1-9-4-3-5-10(6-9)8-14-12(15)11(7-13)16-2;/h9-11H,3-8,13H2,1-2H3,(H,14,15);1H. The molecule has 1 amide bonds. The number of hydrogen-bond donors (Lipinski definition) is 2. The highest BCUT2D eigenvalue weighted by Gasteiger charge is 2.21. The highest BCUT2D eigenvalue weighted by molar-refractivity contribution is 5.85. The molecule has 1 fully saturated rings. The lowest BCUT2D eigenvalue weighted by atomic mass is 9.82. The first-order valence-electron chi connectivity index (χ1n) is 6.18. The third-order valence-corrected chi connectivity index (χ3v) is 3.40. The Morgan fingerprint density at radius 1 is 1.53 bits per heavy atom. The summed E-state index contributed by atoms with van der Waals surface area (Å²) < 4.78 is 4.99. The van der Waals surface area contributed by atoms with Gasteiger partial charge in [-0.15, -0.1) is 12.4 Å². The number of rotatable bonds is 5. The molecular formula is C12H25ClN2O2. The van der Waals surface area contributed by atoms with Crippen LogP contribution in [-0.4, -0.2) is 32.2 Å². The first kappa shape index (κ1) is 16.7. The Kier molecular flexibility index (Phi) is 8.56. The maximum atomic E-state index is 11.6. The number of hydrogen-bond acceptors (Lipinski definition) is 3. The summed E-state index contributed by atoms with van der Waals surface area (Å²) >= 11 is 0. The van der Waals surface area contributed by atoms with E-state index in [1.165, 1.54) is 32.8 Å². The van der Waals surface area contributed by atoms with Crippen molar-refractivity contribution in [3.05, 3.63) is 0 Å². The summed E-state index contributed by atoms with van der Waals surface area (Å²) in [4.78, 5) is 11.6. The zero-order chi connectivity index (χ0) is 12.0. The lowest BCUT2D eigenvalue weighted by Gasteiger charge is -2.27. The van der Waals surface area contributed by atoms with E-state index in [1.807, 2.05) is 0 Å². The van der Waals surface area contributed by atoms with Crippen molar-refractivity contribution in [1.29, 1.82) is 0 Å². The second kappa shape index (κ2) is 8.72. The minimum atomic E-state index is -0.499. The van der Waals surface area contributed by atoms with Crippen LogP contribution in [-0.2, 0) is 9.53 Å². The van der Waals surface area contributed by atoms with Gasteiger partial charge in [0, 0.05) is 20.2 Å². The van der Waals surface area contributed by atoms with E-state index in [0.29, 0.717) is 5.92 Å². The van der Waals surface area contributed by atoms with Gasteiger partial charge in [-0.25, -0.2) is 0 Å². The maximum absolute atomic E-state index is 11.6. The van der Waals surface area contributed by atoms with E-state index in [4.69, 9.17) is 10.5 Å². The van der Waals surface area contributed by atoms with Crippen LogP contribution >= 0.6 is 12.4 Å². The number of nitrogens with two attached hydrogens (primary N) is 1. The zero-order valence-corrected chi connectivity index (χ0v) is 11.6. The second-order valence-electron chi connectivity index (χ2n) is 4.84. The number of carbonyl (C=O) groups is 1. The van der Waals surface area contributed by atoms with E-state index in [0.717, 1.165) is 12.5 Å². The third kappa shape index (κ3) is 5.70. The fourth-order valence-electron chi connectivity index (χ4n) is 2.41. The van der Waals surface area contributed by atoms with Gasteiger partial charge in [-0.2, -0.15) is 0 Å². The molecule has 0 bridgehead atoms. The number of amides is 1. The first-order valence-corrected chi connectivity index (χ1v) is 6.18. The van der Waals surface area contributed by atoms with Gasteiger partial charge in [0.25, 0.3) is 0 Å². The molecule has 3 N–H and O–H groups in total. The van der Waals surface area contributed by atoms with Crippen LogP contribution in [0.25, 0.3) is 0 Å². The lowest BCUT2D eigenvalue weighted by molar-refractivity contribution is -0.130. The predicted octanol–water partition coefficient (Wildman–Crippen LogP) is 1.32. The Labute approximate surface area is 110 Å². The molecule has 0 aromatic carbocycles. The van der Waals surface area contributed by atoms with Crippen molar-refractivity contribution in [1.82, 2.24) is 5.32 Å². The van der Waals surface area contributed by atoms with Gasteiger partial charge in [0.05, 0.1) is 0 Å². The molecule has 0 aliphatic heterocycles. The van der Waals surface area contributed by atoms with Crippen molar-refractivity contribution in [2.45, 2.75) is 38.7 Å². The van der Waals surface area contributed by atoms with E-state index in [2.05, 4.69) is 12.2 Å². The van der Waals surface area contributed by atoms with Crippen molar-refractivity contribution >= 4 is 18.3 Å². The molecule has 1 rings (SSSR count). The van der Waals surface area contributed by atoms with Crippen LogP contribution in [0.2, 0.25) is 0 Å². The average Bonchev–Trinajstić information content (AvgIpc) is 2.28. The molecule has 0 heterocycles. The summed E-state index contributed by atoms with van der Waals surface area (Å²) in [5.74, 6) is 1.34. The molecule has 3 unspecified atom stereocenters. The molecule has 17 heavy (non-hydrogen) atoms. The van der Waals surface area contributed by atoms with E-state index in [9.17, 15) is 4.79 Å². The van der Waals surface area contributed by atoms with Gasteiger partial charge < -0.3 is 15.8 Å². The van der Waals surface area contributed by atoms with E-state index < -0.39 is 6.10 Å². The maximum Gasteiger partial charge on any atom is 0.250 e. The van der Waals surface area contributed by atoms with Gasteiger partial charge in [0.1, 0.15) is 6.10 Å². The van der Waals surface area contributed by atoms with Crippen LogP contribution in [0.15, 0.2) is 0 Å². The van der Waals surface area contributed by atoms with Crippen LogP contribution in [0.4, 0.5) is 0 Å². The molecule has 5 heteroatoms. The fourth-order valence-corrected chi connectivity index (χ4v) is 2.41. The Bertz CT molecular complexity index is 223. The van der Waals surface area contributed by atoms with Gasteiger partial charge in [-0.1, -0.05) is 19.8 Å². The van der Waals surface area contributed by atoms with Gasteiger partial charge in [0.2, 0.25) is 5.91 Å². The zero-order valence-electron chi connectivity index (χ0n) is 10.8. The van der Waals surface area contributed by atoms with Gasteiger partial charge in [-0.3, -0.25) is 4.79 Å². The van der Waals surface area contributed by atoms with E-state index in [-0.39, 0.29) is 24.9 Å². The summed E-state index contributed by atoms with van der Waals surface area (Å²) in [7, 11) is 1.51. The number of ether oxygens (including phenoxy) is 1. The number of carbonyl (C=O) groups excluding carboxylic acids is 1. The molecule has 0 spiro atoms. The monoisotopic (exact) mass is 264 g/mol. The highest BCUT2D eigenvalue weighted by Crippen LogP contribution is 2.27. The molecule has 0 saturated heterocycles. The summed E-state index contributed by atoms with van der Waals surface area (Å²) in [6, 6.07) is 0. The first-order chi connectivity index (χ1) is 7.67. The predicted molar refractivity (Wildman–Crippen MR) is 71.2 cm³/mol. The Morgan fingerprint density at radius 2 is 2.24 bits per heavy atom. The van der Waals surface area contributed by atoms with Crippen molar-refractivity contribution in [2.24, 2.45) is 17.6 Å². The minimum absolute atomic E-state index is 0. The fraction of sp³-hybridized carbons (Fsp3) is 0.917. The summed E-state index contributed by atoms with van der Waals surface area (Å²) in [5.41, 5.74) is 5.43. The van der Waals surface area contributed by atoms with Crippen molar-refractivity contribution in [2.75, 3.05) is 20.2 Å². The minimum Gasteiger partial charge on any atom is -0.370 e. The summed E-state index contributed by atoms with van der Waals surface area (Å²) in [6.45, 7) is 3.29. The van der Waals surface area contributed by atoms with Crippen LogP contribution < -0.4 is 11.1 Å². The molecule has 0 aromatic rings. The molecule has 1 saturated carbocycles. The Morgan fingerprint density at radius 3 is 2.76 bits per heavy atom. The molecule has 0 aromatic heterocycles. The smallest absolute Gasteiger partial charge is 0.250 e. The normalized spacial score (nSPS) is 25.8. The molecule has 0 radical (unpaired) electrons. The molecule has 3 atom stereocenters.